The number of hydrogen-bond donors (Lipinski definition) is 1. The molecule has 0 spiro atoms. The number of aromatic nitrogens is 4. The van der Waals surface area contributed by atoms with E-state index in [1.807, 2.05) is 4.68 Å². The summed E-state index contributed by atoms with van der Waals surface area (Å²) in [6.07, 6.45) is 3.51. The van der Waals surface area contributed by atoms with Crippen molar-refractivity contribution in [2.45, 2.75) is 44.8 Å². The summed E-state index contributed by atoms with van der Waals surface area (Å²) in [5, 5.41) is 15.9. The molecule has 1 unspecified atom stereocenters. The van der Waals surface area contributed by atoms with Gasteiger partial charge in [-0.1, -0.05) is 31.2 Å². The van der Waals surface area contributed by atoms with E-state index in [0.717, 1.165) is 38.4 Å². The van der Waals surface area contributed by atoms with Crippen molar-refractivity contribution in [1.29, 1.82) is 0 Å². The molecule has 0 bridgehead atoms. The fourth-order valence-corrected chi connectivity index (χ4v) is 3.34. The van der Waals surface area contributed by atoms with Gasteiger partial charge >= 0.3 is 0 Å². The van der Waals surface area contributed by atoms with Crippen LogP contribution >= 0.6 is 0 Å². The van der Waals surface area contributed by atoms with E-state index in [9.17, 15) is 0 Å². The fourth-order valence-electron chi connectivity index (χ4n) is 3.34. The van der Waals surface area contributed by atoms with E-state index < -0.39 is 0 Å². The maximum atomic E-state index is 4.27. The number of tetrazole rings is 1. The number of hydrogen-bond acceptors (Lipinski definition) is 5. The Morgan fingerprint density at radius 3 is 2.78 bits per heavy atom. The van der Waals surface area contributed by atoms with Crippen LogP contribution in [-0.2, 0) is 13.0 Å². The average Bonchev–Trinajstić information content (AvgIpc) is 3.35. The topological polar surface area (TPSA) is 58.9 Å². The lowest BCUT2D eigenvalue weighted by Crippen LogP contribution is -2.45. The average molecular weight is 312 g/mol. The van der Waals surface area contributed by atoms with Gasteiger partial charge in [-0.2, -0.15) is 0 Å². The molecular formula is C17H24N6. The molecule has 1 aliphatic carbocycles. The second-order valence-electron chi connectivity index (χ2n) is 6.56. The van der Waals surface area contributed by atoms with Crippen LogP contribution in [0.5, 0.6) is 0 Å². The van der Waals surface area contributed by atoms with Crippen molar-refractivity contribution in [3.8, 4) is 0 Å². The molecule has 23 heavy (non-hydrogen) atoms. The van der Waals surface area contributed by atoms with Crippen molar-refractivity contribution >= 4 is 0 Å². The molecule has 2 heterocycles. The van der Waals surface area contributed by atoms with E-state index in [4.69, 9.17) is 0 Å². The Hall–Kier alpha value is -1.79. The van der Waals surface area contributed by atoms with E-state index in [-0.39, 0.29) is 0 Å². The van der Waals surface area contributed by atoms with Gasteiger partial charge in [0.25, 0.3) is 0 Å². The first kappa shape index (κ1) is 14.8. The normalized spacial score (nSPS) is 22.4. The number of piperazine rings is 1. The smallest absolute Gasteiger partial charge is 0.165 e. The van der Waals surface area contributed by atoms with Crippen LogP contribution < -0.4 is 5.32 Å². The molecule has 2 aliphatic rings. The number of nitrogens with zero attached hydrogens (tertiary/aromatic N) is 5. The Bertz CT molecular complexity index is 645. The molecule has 1 aromatic carbocycles. The molecule has 2 fully saturated rings. The molecular weight excluding hydrogens is 288 g/mol. The maximum Gasteiger partial charge on any atom is 0.165 e. The summed E-state index contributed by atoms with van der Waals surface area (Å²) in [5.74, 6) is 1.00. The molecule has 2 aromatic rings. The molecule has 0 amide bonds. The standard InChI is InChI=1S/C17H24N6/c1-2-13-3-5-14(6-4-13)16-11-18-9-10-22(16)12-17-19-20-21-23(17)15-7-8-15/h3-6,15-16,18H,2,7-12H2,1H3. The largest absolute Gasteiger partial charge is 0.314 e. The second kappa shape index (κ2) is 6.37. The van der Waals surface area contributed by atoms with Crippen molar-refractivity contribution in [2.75, 3.05) is 19.6 Å². The molecule has 1 atom stereocenters. The monoisotopic (exact) mass is 312 g/mol. The molecule has 1 N–H and O–H groups in total. The minimum absolute atomic E-state index is 0.388. The SMILES string of the molecule is CCc1ccc(C2CNCCN2Cc2nnnn2C2CC2)cc1. The van der Waals surface area contributed by atoms with Gasteiger partial charge in [-0.25, -0.2) is 4.68 Å². The maximum absolute atomic E-state index is 4.27. The van der Waals surface area contributed by atoms with Gasteiger partial charge in [0.2, 0.25) is 0 Å². The highest BCUT2D eigenvalue weighted by Gasteiger charge is 2.30. The molecule has 1 saturated heterocycles. The van der Waals surface area contributed by atoms with Gasteiger partial charge in [-0.15, -0.1) is 5.10 Å². The third kappa shape index (κ3) is 3.14. The zero-order valence-corrected chi connectivity index (χ0v) is 13.6. The fraction of sp³-hybridized carbons (Fsp3) is 0.588. The zero-order chi connectivity index (χ0) is 15.6. The highest BCUT2D eigenvalue weighted by atomic mass is 15.6. The minimum atomic E-state index is 0.388. The van der Waals surface area contributed by atoms with E-state index in [1.54, 1.807) is 0 Å². The van der Waals surface area contributed by atoms with E-state index in [1.165, 1.54) is 24.0 Å². The lowest BCUT2D eigenvalue weighted by Gasteiger charge is -2.36. The highest BCUT2D eigenvalue weighted by molar-refractivity contribution is 5.26. The van der Waals surface area contributed by atoms with Crippen molar-refractivity contribution in [3.63, 3.8) is 0 Å². The van der Waals surface area contributed by atoms with Crippen molar-refractivity contribution in [1.82, 2.24) is 30.4 Å². The Morgan fingerprint density at radius 1 is 1.22 bits per heavy atom. The van der Waals surface area contributed by atoms with Crippen molar-refractivity contribution < 1.29 is 0 Å². The third-order valence-electron chi connectivity index (χ3n) is 4.93. The molecule has 1 aliphatic heterocycles. The quantitative estimate of drug-likeness (QED) is 0.911. The highest BCUT2D eigenvalue weighted by Crippen LogP contribution is 2.35. The van der Waals surface area contributed by atoms with E-state index in [0.29, 0.717) is 12.1 Å². The molecule has 122 valence electrons. The van der Waals surface area contributed by atoms with Crippen LogP contribution in [0.3, 0.4) is 0 Å². The molecule has 6 nitrogen and oxygen atoms in total. The predicted octanol–water partition coefficient (Wildman–Crippen LogP) is 1.72. The summed E-state index contributed by atoms with van der Waals surface area (Å²) >= 11 is 0. The van der Waals surface area contributed by atoms with Gasteiger partial charge in [-0.05, 0) is 40.8 Å². The van der Waals surface area contributed by atoms with Gasteiger partial charge in [0.15, 0.2) is 5.82 Å². The second-order valence-corrected chi connectivity index (χ2v) is 6.56. The number of rotatable bonds is 5. The van der Waals surface area contributed by atoms with Gasteiger partial charge in [-0.3, -0.25) is 4.90 Å². The summed E-state index contributed by atoms with van der Waals surface area (Å²) in [5.41, 5.74) is 2.77. The molecule has 0 radical (unpaired) electrons. The Morgan fingerprint density at radius 2 is 2.04 bits per heavy atom. The van der Waals surface area contributed by atoms with Gasteiger partial charge in [0, 0.05) is 25.7 Å². The van der Waals surface area contributed by atoms with Crippen molar-refractivity contribution in [3.05, 3.63) is 41.2 Å². The van der Waals surface area contributed by atoms with Crippen LogP contribution in [0.25, 0.3) is 0 Å². The summed E-state index contributed by atoms with van der Waals surface area (Å²) in [7, 11) is 0. The number of nitrogens with one attached hydrogen (secondary N) is 1. The predicted molar refractivity (Wildman–Crippen MR) is 87.9 cm³/mol. The van der Waals surface area contributed by atoms with Crippen LogP contribution in [0.15, 0.2) is 24.3 Å². The lowest BCUT2D eigenvalue weighted by atomic mass is 10.0. The first-order chi connectivity index (χ1) is 11.3. The molecule has 1 saturated carbocycles. The number of aryl methyl sites for hydroxylation is 1. The Balaban J connectivity index is 1.53. The van der Waals surface area contributed by atoms with Crippen LogP contribution in [0, 0.1) is 0 Å². The molecule has 6 heteroatoms. The molecule has 4 rings (SSSR count). The number of benzene rings is 1. The van der Waals surface area contributed by atoms with Crippen LogP contribution in [-0.4, -0.2) is 44.7 Å². The van der Waals surface area contributed by atoms with Gasteiger partial charge < -0.3 is 5.32 Å². The first-order valence-electron chi connectivity index (χ1n) is 8.65. The third-order valence-corrected chi connectivity index (χ3v) is 4.93. The first-order valence-corrected chi connectivity index (χ1v) is 8.65. The Labute approximate surface area is 136 Å². The summed E-state index contributed by atoms with van der Waals surface area (Å²) in [6.45, 7) is 6.05. The minimum Gasteiger partial charge on any atom is -0.314 e. The van der Waals surface area contributed by atoms with Gasteiger partial charge in [0.1, 0.15) is 0 Å². The van der Waals surface area contributed by atoms with Crippen LogP contribution in [0.2, 0.25) is 0 Å². The lowest BCUT2D eigenvalue weighted by molar-refractivity contribution is 0.147. The zero-order valence-electron chi connectivity index (χ0n) is 13.6. The Kier molecular flexibility index (Phi) is 4.10. The van der Waals surface area contributed by atoms with E-state index >= 15 is 0 Å². The molecule has 1 aromatic heterocycles. The summed E-state index contributed by atoms with van der Waals surface area (Å²) in [4.78, 5) is 2.50. The van der Waals surface area contributed by atoms with Gasteiger partial charge in [0.05, 0.1) is 12.6 Å². The summed E-state index contributed by atoms with van der Waals surface area (Å²) < 4.78 is 2.03. The van der Waals surface area contributed by atoms with E-state index in [2.05, 4.69) is 56.9 Å². The summed E-state index contributed by atoms with van der Waals surface area (Å²) in [6, 6.07) is 9.96. The van der Waals surface area contributed by atoms with Crippen molar-refractivity contribution in [2.24, 2.45) is 0 Å². The van der Waals surface area contributed by atoms with Crippen LogP contribution in [0.4, 0.5) is 0 Å². The van der Waals surface area contributed by atoms with Crippen LogP contribution in [0.1, 0.15) is 48.8 Å².